The van der Waals surface area contributed by atoms with Crippen LogP contribution in [0.3, 0.4) is 0 Å². The van der Waals surface area contributed by atoms with Crippen LogP contribution in [0.5, 0.6) is 0 Å². The van der Waals surface area contributed by atoms with Gasteiger partial charge in [-0.25, -0.2) is 4.98 Å². The van der Waals surface area contributed by atoms with Crippen LogP contribution in [0.25, 0.3) is 11.3 Å². The maximum Gasteiger partial charge on any atom is 0.289 e. The van der Waals surface area contributed by atoms with Crippen molar-refractivity contribution in [2.24, 2.45) is 0 Å². The van der Waals surface area contributed by atoms with Gasteiger partial charge in [0.2, 0.25) is 5.78 Å². The van der Waals surface area contributed by atoms with Crippen molar-refractivity contribution in [3.8, 4) is 11.3 Å². The van der Waals surface area contributed by atoms with E-state index >= 15 is 0 Å². The molecule has 0 radical (unpaired) electrons. The third kappa shape index (κ3) is 5.20. The lowest BCUT2D eigenvalue weighted by atomic mass is 10.0. The topological polar surface area (TPSA) is 88.2 Å². The second-order valence-corrected chi connectivity index (χ2v) is 9.73. The largest absolute Gasteiger partial charge is 0.347 e. The molecule has 0 saturated heterocycles. The van der Waals surface area contributed by atoms with E-state index in [1.54, 1.807) is 0 Å². The smallest absolute Gasteiger partial charge is 0.289 e. The predicted molar refractivity (Wildman–Crippen MR) is 127 cm³/mol. The fourth-order valence-electron chi connectivity index (χ4n) is 3.71. The number of hydrogen-bond donors (Lipinski definition) is 2. The van der Waals surface area contributed by atoms with Gasteiger partial charge in [0.25, 0.3) is 11.8 Å². The summed E-state index contributed by atoms with van der Waals surface area (Å²) < 4.78 is 0. The van der Waals surface area contributed by atoms with Gasteiger partial charge < -0.3 is 10.6 Å². The van der Waals surface area contributed by atoms with Crippen LogP contribution in [0.1, 0.15) is 51.8 Å². The van der Waals surface area contributed by atoms with Crippen LogP contribution in [-0.4, -0.2) is 34.7 Å². The van der Waals surface area contributed by atoms with Crippen molar-refractivity contribution in [1.29, 1.82) is 0 Å². The Morgan fingerprint density at radius 2 is 1.61 bits per heavy atom. The number of ketones is 1. The summed E-state index contributed by atoms with van der Waals surface area (Å²) in [7, 11) is 0. The molecule has 2 amide bonds. The van der Waals surface area contributed by atoms with E-state index in [0.29, 0.717) is 16.5 Å². The second kappa shape index (κ2) is 9.27. The molecule has 5 rings (SSSR count). The highest BCUT2D eigenvalue weighted by atomic mass is 32.1. The van der Waals surface area contributed by atoms with Crippen LogP contribution in [0.2, 0.25) is 0 Å². The first-order valence-corrected chi connectivity index (χ1v) is 12.2. The Kier molecular flexibility index (Phi) is 6.05. The maximum atomic E-state index is 13.4. The number of rotatable bonds is 9. The van der Waals surface area contributed by atoms with Crippen LogP contribution >= 0.6 is 11.3 Å². The third-order valence-electron chi connectivity index (χ3n) is 5.86. The lowest BCUT2D eigenvalue weighted by Crippen LogP contribution is -2.49. The summed E-state index contributed by atoms with van der Waals surface area (Å²) in [6.07, 6.45) is 4.19. The number of nitrogens with one attached hydrogen (secondary N) is 2. The normalized spacial score (nSPS) is 16.1. The molecule has 2 saturated carbocycles. The van der Waals surface area contributed by atoms with E-state index in [4.69, 9.17) is 4.98 Å². The van der Waals surface area contributed by atoms with Gasteiger partial charge >= 0.3 is 0 Å². The van der Waals surface area contributed by atoms with Crippen molar-refractivity contribution in [3.63, 3.8) is 0 Å². The Morgan fingerprint density at radius 3 is 2.24 bits per heavy atom. The lowest BCUT2D eigenvalue weighted by molar-refractivity contribution is -0.139. The minimum absolute atomic E-state index is 0.0711. The molecule has 0 spiro atoms. The molecule has 1 unspecified atom stereocenters. The molecule has 2 aliphatic carbocycles. The molecule has 7 heteroatoms. The van der Waals surface area contributed by atoms with Crippen molar-refractivity contribution < 1.29 is 14.4 Å². The van der Waals surface area contributed by atoms with E-state index in [-0.39, 0.29) is 18.4 Å². The molecule has 0 bridgehead atoms. The Bertz CT molecular complexity index is 1170. The van der Waals surface area contributed by atoms with E-state index in [1.807, 2.05) is 60.7 Å². The maximum absolute atomic E-state index is 13.4. The number of nitrogens with zero attached hydrogens (tertiary/aromatic N) is 1. The average molecular weight is 460 g/mol. The number of carbonyl (C=O) groups is 3. The number of thiazole rings is 1. The second-order valence-electron chi connectivity index (χ2n) is 8.70. The third-order valence-corrected chi connectivity index (χ3v) is 7.08. The summed E-state index contributed by atoms with van der Waals surface area (Å²) in [5.41, 5.74) is 2.37. The molecule has 2 fully saturated rings. The highest BCUT2D eigenvalue weighted by Crippen LogP contribution is 2.44. The standard InChI is InChI=1S/C26H25N3O3S/c30-22(24(31)27-19-13-14-19)20(15-16-7-3-1-4-8-16)28-25(32)23-21(17-9-5-2-6-10-17)29-26(33-23)18-11-12-18/h1-10,18-20H,11-15H2,(H,27,31)(H,28,32). The molecule has 33 heavy (non-hydrogen) atoms. The summed E-state index contributed by atoms with van der Waals surface area (Å²) in [5, 5.41) is 6.56. The Morgan fingerprint density at radius 1 is 0.939 bits per heavy atom. The molecule has 0 aliphatic heterocycles. The summed E-state index contributed by atoms with van der Waals surface area (Å²) in [6.45, 7) is 0. The zero-order valence-corrected chi connectivity index (χ0v) is 18.9. The van der Waals surface area contributed by atoms with Gasteiger partial charge in [-0.2, -0.15) is 0 Å². The van der Waals surface area contributed by atoms with Gasteiger partial charge in [-0.15, -0.1) is 11.3 Å². The van der Waals surface area contributed by atoms with E-state index in [0.717, 1.165) is 41.8 Å². The molecular weight excluding hydrogens is 434 g/mol. The molecule has 1 aromatic heterocycles. The van der Waals surface area contributed by atoms with Crippen LogP contribution in [0, 0.1) is 0 Å². The number of benzene rings is 2. The number of carbonyl (C=O) groups excluding carboxylic acids is 3. The van der Waals surface area contributed by atoms with Crippen molar-refractivity contribution >= 4 is 28.9 Å². The molecule has 2 aromatic carbocycles. The number of hydrogen-bond acceptors (Lipinski definition) is 5. The first kappa shape index (κ1) is 21.5. The molecule has 1 atom stereocenters. The molecule has 6 nitrogen and oxygen atoms in total. The zero-order chi connectivity index (χ0) is 22.8. The highest BCUT2D eigenvalue weighted by Gasteiger charge is 2.34. The van der Waals surface area contributed by atoms with Crippen molar-refractivity contribution in [2.45, 2.75) is 50.1 Å². The van der Waals surface area contributed by atoms with E-state index in [9.17, 15) is 14.4 Å². The monoisotopic (exact) mass is 459 g/mol. The number of aromatic nitrogens is 1. The summed E-state index contributed by atoms with van der Waals surface area (Å²) >= 11 is 1.39. The molecule has 3 aromatic rings. The molecular formula is C26H25N3O3S. The Balaban J connectivity index is 1.42. The fourth-order valence-corrected chi connectivity index (χ4v) is 4.87. The van der Waals surface area contributed by atoms with Gasteiger partial charge in [0, 0.05) is 23.9 Å². The van der Waals surface area contributed by atoms with Crippen molar-refractivity contribution in [3.05, 3.63) is 76.1 Å². The molecule has 1 heterocycles. The van der Waals surface area contributed by atoms with Crippen LogP contribution in [0.4, 0.5) is 0 Å². The molecule has 2 aliphatic rings. The van der Waals surface area contributed by atoms with Gasteiger partial charge in [-0.1, -0.05) is 60.7 Å². The van der Waals surface area contributed by atoms with Crippen molar-refractivity contribution in [1.82, 2.24) is 15.6 Å². The van der Waals surface area contributed by atoms with Gasteiger partial charge in [0.05, 0.1) is 10.7 Å². The van der Waals surface area contributed by atoms with Gasteiger partial charge in [0.15, 0.2) is 0 Å². The SMILES string of the molecule is O=C(NC1CC1)C(=O)C(Cc1ccccc1)NC(=O)c1sc(C2CC2)nc1-c1ccccc1. The fraction of sp³-hybridized carbons (Fsp3) is 0.308. The predicted octanol–water partition coefficient (Wildman–Crippen LogP) is 3.88. The first-order chi connectivity index (χ1) is 16.1. The van der Waals surface area contributed by atoms with Crippen LogP contribution in [0.15, 0.2) is 60.7 Å². The number of Topliss-reactive ketones (excluding diaryl/α,β-unsaturated/α-hetero) is 1. The minimum Gasteiger partial charge on any atom is -0.347 e. The summed E-state index contributed by atoms with van der Waals surface area (Å²) in [4.78, 5) is 44.2. The van der Waals surface area contributed by atoms with Gasteiger partial charge in [-0.3, -0.25) is 14.4 Å². The van der Waals surface area contributed by atoms with E-state index in [1.165, 1.54) is 11.3 Å². The van der Waals surface area contributed by atoms with Crippen molar-refractivity contribution in [2.75, 3.05) is 0 Å². The quantitative estimate of drug-likeness (QED) is 0.476. The van der Waals surface area contributed by atoms with E-state index < -0.39 is 17.7 Å². The highest BCUT2D eigenvalue weighted by molar-refractivity contribution is 7.14. The Labute approximate surface area is 196 Å². The van der Waals surface area contributed by atoms with Gasteiger partial charge in [0.1, 0.15) is 10.9 Å². The average Bonchev–Trinajstić information content (AvgIpc) is 3.78. The van der Waals surface area contributed by atoms with Gasteiger partial charge in [-0.05, 0) is 31.2 Å². The number of amides is 2. The summed E-state index contributed by atoms with van der Waals surface area (Å²) in [5.74, 6) is -1.21. The molecule has 168 valence electrons. The first-order valence-electron chi connectivity index (χ1n) is 11.3. The summed E-state index contributed by atoms with van der Waals surface area (Å²) in [6, 6.07) is 18.1. The van der Waals surface area contributed by atoms with Crippen LogP contribution < -0.4 is 10.6 Å². The Hall–Kier alpha value is -3.32. The molecule has 2 N–H and O–H groups in total. The minimum atomic E-state index is -0.950. The van der Waals surface area contributed by atoms with Crippen LogP contribution in [-0.2, 0) is 16.0 Å². The zero-order valence-electron chi connectivity index (χ0n) is 18.1. The van der Waals surface area contributed by atoms with E-state index in [2.05, 4.69) is 10.6 Å². The lowest BCUT2D eigenvalue weighted by Gasteiger charge is -2.17.